The minimum absolute atomic E-state index is 0.0508. The van der Waals surface area contributed by atoms with Crippen LogP contribution in [0.15, 0.2) is 30.3 Å². The molecule has 27 heavy (non-hydrogen) atoms. The smallest absolute Gasteiger partial charge is 0.270 e. The molecule has 1 atom stereocenters. The third-order valence-corrected chi connectivity index (χ3v) is 4.55. The summed E-state index contributed by atoms with van der Waals surface area (Å²) in [5, 5.41) is 13.8. The molecule has 1 aliphatic heterocycles. The largest absolute Gasteiger partial charge is 0.494 e. The number of carbonyl (C=O) groups is 1. The molecule has 0 aliphatic carbocycles. The summed E-state index contributed by atoms with van der Waals surface area (Å²) < 4.78 is 11.5. The number of rotatable bonds is 6. The summed E-state index contributed by atoms with van der Waals surface area (Å²) in [6.07, 6.45) is 0.911. The number of nitrogens with zero attached hydrogens (tertiary/aromatic N) is 1. The second kappa shape index (κ2) is 7.84. The van der Waals surface area contributed by atoms with E-state index in [1.807, 2.05) is 26.0 Å². The van der Waals surface area contributed by atoms with Crippen molar-refractivity contribution in [2.45, 2.75) is 32.9 Å². The van der Waals surface area contributed by atoms with E-state index in [1.54, 1.807) is 0 Å². The summed E-state index contributed by atoms with van der Waals surface area (Å²) in [5.74, 6) is 0.962. The lowest BCUT2D eigenvalue weighted by molar-refractivity contribution is -0.384. The highest BCUT2D eigenvalue weighted by atomic mass is 35.5. The number of hydrogen-bond donors (Lipinski definition) is 1. The van der Waals surface area contributed by atoms with Gasteiger partial charge in [-0.1, -0.05) is 11.6 Å². The Hall–Kier alpha value is -2.80. The van der Waals surface area contributed by atoms with Crippen molar-refractivity contribution in [3.63, 3.8) is 0 Å². The summed E-state index contributed by atoms with van der Waals surface area (Å²) in [6.45, 7) is 4.55. The zero-order valence-electron chi connectivity index (χ0n) is 15.0. The molecule has 2 aromatic rings. The van der Waals surface area contributed by atoms with Crippen LogP contribution in [0, 0.1) is 10.1 Å². The Kier molecular flexibility index (Phi) is 5.51. The summed E-state index contributed by atoms with van der Waals surface area (Å²) in [6, 6.07) is 7.55. The molecule has 0 fully saturated rings. The average molecular weight is 391 g/mol. The molecule has 1 amide bonds. The lowest BCUT2D eigenvalue weighted by Crippen LogP contribution is -2.23. The van der Waals surface area contributed by atoms with Crippen molar-refractivity contribution in [3.8, 4) is 11.5 Å². The van der Waals surface area contributed by atoms with Crippen LogP contribution in [0.25, 0.3) is 0 Å². The number of ether oxygens (including phenoxy) is 2. The minimum Gasteiger partial charge on any atom is -0.494 e. The summed E-state index contributed by atoms with van der Waals surface area (Å²) in [7, 11) is 0. The van der Waals surface area contributed by atoms with Gasteiger partial charge in [0.2, 0.25) is 0 Å². The molecule has 0 saturated carbocycles. The first-order chi connectivity index (χ1) is 12.9. The predicted octanol–water partition coefficient (Wildman–Crippen LogP) is 3.90. The van der Waals surface area contributed by atoms with Gasteiger partial charge in [0.05, 0.1) is 22.1 Å². The molecule has 0 radical (unpaired) electrons. The normalized spacial score (nSPS) is 15.0. The van der Waals surface area contributed by atoms with Gasteiger partial charge in [-0.05, 0) is 32.0 Å². The minimum atomic E-state index is -0.570. The van der Waals surface area contributed by atoms with Crippen molar-refractivity contribution < 1.29 is 19.2 Å². The van der Waals surface area contributed by atoms with Crippen LogP contribution in [-0.2, 0) is 13.0 Å². The van der Waals surface area contributed by atoms with E-state index in [1.165, 1.54) is 12.1 Å². The van der Waals surface area contributed by atoms with Crippen LogP contribution in [0.2, 0.25) is 5.02 Å². The van der Waals surface area contributed by atoms with Crippen LogP contribution in [0.1, 0.15) is 35.3 Å². The molecule has 1 heterocycles. The highest BCUT2D eigenvalue weighted by molar-refractivity contribution is 6.33. The summed E-state index contributed by atoms with van der Waals surface area (Å²) in [5.41, 5.74) is 1.69. The van der Waals surface area contributed by atoms with Crippen molar-refractivity contribution in [2.24, 2.45) is 0 Å². The van der Waals surface area contributed by atoms with Gasteiger partial charge in [0.1, 0.15) is 17.6 Å². The van der Waals surface area contributed by atoms with E-state index in [4.69, 9.17) is 21.1 Å². The predicted molar refractivity (Wildman–Crippen MR) is 101 cm³/mol. The fraction of sp³-hybridized carbons (Fsp3) is 0.316. The van der Waals surface area contributed by atoms with Crippen molar-refractivity contribution in [1.29, 1.82) is 0 Å². The second-order valence-electron chi connectivity index (χ2n) is 6.24. The number of amides is 1. The Morgan fingerprint density at radius 1 is 1.41 bits per heavy atom. The van der Waals surface area contributed by atoms with Crippen LogP contribution in [-0.4, -0.2) is 23.5 Å². The van der Waals surface area contributed by atoms with Crippen molar-refractivity contribution in [2.75, 3.05) is 6.61 Å². The number of nitro benzene ring substituents is 1. The molecule has 1 N–H and O–H groups in total. The molecule has 1 aliphatic rings. The Balaban J connectivity index is 1.80. The zero-order valence-corrected chi connectivity index (χ0v) is 15.7. The van der Waals surface area contributed by atoms with E-state index in [-0.39, 0.29) is 28.9 Å². The maximum atomic E-state index is 12.5. The van der Waals surface area contributed by atoms with Gasteiger partial charge in [0, 0.05) is 36.2 Å². The second-order valence-corrected chi connectivity index (χ2v) is 6.64. The Morgan fingerprint density at radius 3 is 2.89 bits per heavy atom. The van der Waals surface area contributed by atoms with Gasteiger partial charge in [-0.3, -0.25) is 14.9 Å². The van der Waals surface area contributed by atoms with Gasteiger partial charge in [-0.2, -0.15) is 0 Å². The van der Waals surface area contributed by atoms with Gasteiger partial charge >= 0.3 is 0 Å². The quantitative estimate of drug-likeness (QED) is 0.596. The van der Waals surface area contributed by atoms with Crippen molar-refractivity contribution in [3.05, 3.63) is 62.2 Å². The van der Waals surface area contributed by atoms with Crippen LogP contribution in [0.3, 0.4) is 0 Å². The fourth-order valence-corrected chi connectivity index (χ4v) is 3.18. The van der Waals surface area contributed by atoms with E-state index in [2.05, 4.69) is 5.32 Å². The lowest BCUT2D eigenvalue weighted by atomic mass is 10.1. The Labute approximate surface area is 161 Å². The molecule has 0 spiro atoms. The zero-order chi connectivity index (χ0) is 19.6. The highest BCUT2D eigenvalue weighted by Gasteiger charge is 2.22. The van der Waals surface area contributed by atoms with Gasteiger partial charge in [0.15, 0.2) is 0 Å². The van der Waals surface area contributed by atoms with E-state index >= 15 is 0 Å². The number of hydrogen-bond acceptors (Lipinski definition) is 5. The number of nitro groups is 1. The molecule has 7 nitrogen and oxygen atoms in total. The van der Waals surface area contributed by atoms with Crippen molar-refractivity contribution in [1.82, 2.24) is 5.32 Å². The van der Waals surface area contributed by atoms with Gasteiger partial charge in [-0.15, -0.1) is 0 Å². The third kappa shape index (κ3) is 4.14. The monoisotopic (exact) mass is 390 g/mol. The van der Waals surface area contributed by atoms with Crippen LogP contribution >= 0.6 is 11.6 Å². The molecule has 3 rings (SSSR count). The third-order valence-electron chi connectivity index (χ3n) is 4.22. The first-order valence-electron chi connectivity index (χ1n) is 8.56. The van der Waals surface area contributed by atoms with Gasteiger partial charge in [0.25, 0.3) is 11.6 Å². The molecule has 2 aromatic carbocycles. The number of carbonyl (C=O) groups excluding carboxylic acids is 1. The number of benzene rings is 2. The molecule has 142 valence electrons. The van der Waals surface area contributed by atoms with E-state index in [0.717, 1.165) is 29.4 Å². The summed E-state index contributed by atoms with van der Waals surface area (Å²) >= 11 is 6.02. The molecule has 0 aromatic heterocycles. The molecule has 1 unspecified atom stereocenters. The van der Waals surface area contributed by atoms with Gasteiger partial charge in [-0.25, -0.2) is 0 Å². The maximum Gasteiger partial charge on any atom is 0.270 e. The maximum absolute atomic E-state index is 12.5. The summed E-state index contributed by atoms with van der Waals surface area (Å²) in [4.78, 5) is 22.8. The van der Waals surface area contributed by atoms with E-state index in [9.17, 15) is 14.9 Å². The molecule has 0 saturated heterocycles. The van der Waals surface area contributed by atoms with Crippen LogP contribution < -0.4 is 14.8 Å². The lowest BCUT2D eigenvalue weighted by Gasteiger charge is -2.13. The van der Waals surface area contributed by atoms with E-state index < -0.39 is 10.8 Å². The molecule has 8 heteroatoms. The highest BCUT2D eigenvalue weighted by Crippen LogP contribution is 2.35. The fourth-order valence-electron chi connectivity index (χ4n) is 2.98. The number of nitrogens with one attached hydrogen (secondary N) is 1. The number of halogens is 1. The number of non-ortho nitro benzene ring substituents is 1. The molecule has 0 bridgehead atoms. The first-order valence-corrected chi connectivity index (χ1v) is 8.94. The SMILES string of the molecule is CCOc1cc2c(cc1CNC(=O)c1cc([N+](=O)[O-])ccc1Cl)OC(C)C2. The topological polar surface area (TPSA) is 90.7 Å². The Bertz CT molecular complexity index is 900. The van der Waals surface area contributed by atoms with Crippen LogP contribution in [0.4, 0.5) is 5.69 Å². The molecular weight excluding hydrogens is 372 g/mol. The van der Waals surface area contributed by atoms with Crippen LogP contribution in [0.5, 0.6) is 11.5 Å². The Morgan fingerprint density at radius 2 is 2.19 bits per heavy atom. The standard InChI is InChI=1S/C19H19ClN2O5/c1-3-26-17-7-12-6-11(2)27-18(12)8-13(17)10-21-19(23)15-9-14(22(24)25)4-5-16(15)20/h4-5,7-9,11H,3,6,10H2,1-2H3,(H,21,23). The molecular formula is C19H19ClN2O5. The van der Waals surface area contributed by atoms with Crippen molar-refractivity contribution >= 4 is 23.2 Å². The van der Waals surface area contributed by atoms with Gasteiger partial charge < -0.3 is 14.8 Å². The number of fused-ring (bicyclic) bond motifs is 1. The van der Waals surface area contributed by atoms with E-state index in [0.29, 0.717) is 12.4 Å². The average Bonchev–Trinajstić information content (AvgIpc) is 2.98. The first kappa shape index (κ1) is 19.0.